The molecule has 1 saturated carbocycles. The number of allylic oxidation sites excluding steroid dienone is 1. The third kappa shape index (κ3) is 4.23. The van der Waals surface area contributed by atoms with Crippen molar-refractivity contribution in [2.24, 2.45) is 5.92 Å². The van der Waals surface area contributed by atoms with Crippen LogP contribution in [0.3, 0.4) is 0 Å². The molecular weight excluding hydrogens is 176 g/mol. The third-order valence-corrected chi connectivity index (χ3v) is 1.77. The molecule has 12 heavy (non-hydrogen) atoms. The van der Waals surface area contributed by atoms with Crippen LogP contribution in [0, 0.1) is 5.92 Å². The van der Waals surface area contributed by atoms with Gasteiger partial charge >= 0.3 is 6.03 Å². The van der Waals surface area contributed by atoms with Gasteiger partial charge in [0.15, 0.2) is 0 Å². The molecule has 0 aromatic heterocycles. The Kier molecular flexibility index (Phi) is 3.94. The quantitative estimate of drug-likeness (QED) is 0.645. The van der Waals surface area contributed by atoms with E-state index in [1.807, 2.05) is 6.08 Å². The van der Waals surface area contributed by atoms with Crippen LogP contribution in [0.25, 0.3) is 0 Å². The summed E-state index contributed by atoms with van der Waals surface area (Å²) in [4.78, 5) is 10.9. The first-order chi connectivity index (χ1) is 5.83. The second-order valence-corrected chi connectivity index (χ2v) is 3.16. The topological polar surface area (TPSA) is 41.1 Å². The Morgan fingerprint density at radius 1 is 1.58 bits per heavy atom. The minimum Gasteiger partial charge on any atom is -0.337 e. The fraction of sp³-hybridized carbons (Fsp3) is 0.625. The average Bonchev–Trinajstić information content (AvgIpc) is 2.84. The number of amides is 2. The Morgan fingerprint density at radius 2 is 2.33 bits per heavy atom. The van der Waals surface area contributed by atoms with Crippen LogP contribution in [-0.2, 0) is 0 Å². The van der Waals surface area contributed by atoms with E-state index in [-0.39, 0.29) is 6.03 Å². The summed E-state index contributed by atoms with van der Waals surface area (Å²) in [7, 11) is 0. The van der Waals surface area contributed by atoms with Gasteiger partial charge in [-0.3, -0.25) is 0 Å². The molecule has 0 saturated heterocycles. The summed E-state index contributed by atoms with van der Waals surface area (Å²) in [5, 5.41) is 5.19. The van der Waals surface area contributed by atoms with Gasteiger partial charge in [-0.15, -0.1) is 11.6 Å². The van der Waals surface area contributed by atoms with Crippen LogP contribution in [0.1, 0.15) is 12.8 Å². The molecule has 1 rings (SSSR count). The second-order valence-electron chi connectivity index (χ2n) is 2.79. The molecule has 4 heteroatoms. The maximum atomic E-state index is 10.9. The van der Waals surface area contributed by atoms with Crippen molar-refractivity contribution in [3.63, 3.8) is 0 Å². The van der Waals surface area contributed by atoms with Gasteiger partial charge in [0.05, 0.1) is 0 Å². The van der Waals surface area contributed by atoms with E-state index in [0.29, 0.717) is 18.3 Å². The predicted octanol–water partition coefficient (Wildman–Crippen LogP) is 1.45. The van der Waals surface area contributed by atoms with Gasteiger partial charge in [-0.05, 0) is 18.8 Å². The molecule has 1 fully saturated rings. The van der Waals surface area contributed by atoms with Crippen LogP contribution in [0.5, 0.6) is 0 Å². The summed E-state index contributed by atoms with van der Waals surface area (Å²) in [6.45, 7) is 0.505. The zero-order valence-corrected chi connectivity index (χ0v) is 7.60. The van der Waals surface area contributed by atoms with Crippen LogP contribution in [0.4, 0.5) is 4.79 Å². The molecule has 2 N–H and O–H groups in total. The van der Waals surface area contributed by atoms with Crippen molar-refractivity contribution in [3.8, 4) is 0 Å². The Balaban J connectivity index is 2.00. The first-order valence-corrected chi connectivity index (χ1v) is 4.63. The van der Waals surface area contributed by atoms with E-state index in [2.05, 4.69) is 10.6 Å². The van der Waals surface area contributed by atoms with Gasteiger partial charge in [0.1, 0.15) is 0 Å². The highest BCUT2D eigenvalue weighted by Crippen LogP contribution is 2.29. The van der Waals surface area contributed by atoms with Crippen LogP contribution in [0.2, 0.25) is 0 Å². The molecule has 0 aromatic carbocycles. The first-order valence-electron chi connectivity index (χ1n) is 4.10. The molecule has 0 aliphatic heterocycles. The van der Waals surface area contributed by atoms with Crippen molar-refractivity contribution in [2.45, 2.75) is 12.8 Å². The van der Waals surface area contributed by atoms with Gasteiger partial charge in [-0.25, -0.2) is 4.79 Å². The molecule has 0 spiro atoms. The van der Waals surface area contributed by atoms with Crippen molar-refractivity contribution in [1.29, 1.82) is 0 Å². The van der Waals surface area contributed by atoms with Crippen molar-refractivity contribution in [1.82, 2.24) is 10.6 Å². The number of urea groups is 1. The highest BCUT2D eigenvalue weighted by atomic mass is 35.5. The smallest absolute Gasteiger partial charge is 0.318 e. The molecular formula is C8H13ClN2O. The molecule has 0 unspecified atom stereocenters. The zero-order chi connectivity index (χ0) is 8.81. The summed E-state index contributed by atoms with van der Waals surface area (Å²) in [5.41, 5.74) is 0. The Labute approximate surface area is 77.2 Å². The van der Waals surface area contributed by atoms with E-state index in [1.165, 1.54) is 12.8 Å². The van der Waals surface area contributed by atoms with E-state index >= 15 is 0 Å². The summed E-state index contributed by atoms with van der Waals surface area (Å²) in [6, 6.07) is -0.187. The number of carbonyl (C=O) groups is 1. The number of nitrogens with one attached hydrogen (secondary N) is 2. The van der Waals surface area contributed by atoms with Gasteiger partial charge in [-0.2, -0.15) is 0 Å². The lowest BCUT2D eigenvalue weighted by Gasteiger charge is -2.00. The Morgan fingerprint density at radius 3 is 2.92 bits per heavy atom. The van der Waals surface area contributed by atoms with E-state index in [0.717, 1.165) is 0 Å². The summed E-state index contributed by atoms with van der Waals surface area (Å²) >= 11 is 5.38. The lowest BCUT2D eigenvalue weighted by molar-refractivity contribution is 0.244. The number of carbonyl (C=O) groups excluding carboxylic acids is 1. The highest BCUT2D eigenvalue weighted by molar-refractivity contribution is 6.18. The summed E-state index contributed by atoms with van der Waals surface area (Å²) in [5.74, 6) is 1.14. The maximum absolute atomic E-state index is 10.9. The normalized spacial score (nSPS) is 16.4. The lowest BCUT2D eigenvalue weighted by atomic mass is 10.4. The van der Waals surface area contributed by atoms with Gasteiger partial charge in [0.25, 0.3) is 0 Å². The molecule has 68 valence electrons. The van der Waals surface area contributed by atoms with Gasteiger partial charge < -0.3 is 10.6 Å². The van der Waals surface area contributed by atoms with Crippen molar-refractivity contribution >= 4 is 17.6 Å². The largest absolute Gasteiger partial charge is 0.337 e. The molecule has 0 bridgehead atoms. The summed E-state index contributed by atoms with van der Waals surface area (Å²) in [6.07, 6.45) is 6.21. The van der Waals surface area contributed by atoms with Gasteiger partial charge in [-0.1, -0.05) is 6.08 Å². The Hall–Kier alpha value is -0.700. The number of rotatable bonds is 4. The molecule has 0 aromatic rings. The van der Waals surface area contributed by atoms with E-state index < -0.39 is 0 Å². The van der Waals surface area contributed by atoms with Crippen LogP contribution in [0.15, 0.2) is 12.3 Å². The molecule has 1 aliphatic rings. The van der Waals surface area contributed by atoms with Crippen LogP contribution >= 0.6 is 11.6 Å². The van der Waals surface area contributed by atoms with Crippen molar-refractivity contribution < 1.29 is 4.79 Å². The Bertz CT molecular complexity index is 178. The predicted molar refractivity (Wildman–Crippen MR) is 49.1 cm³/mol. The average molecular weight is 189 g/mol. The number of hydrogen-bond acceptors (Lipinski definition) is 1. The molecule has 1 aliphatic carbocycles. The van der Waals surface area contributed by atoms with Crippen LogP contribution in [-0.4, -0.2) is 18.5 Å². The summed E-state index contributed by atoms with van der Waals surface area (Å²) < 4.78 is 0. The molecule has 0 radical (unpaired) electrons. The number of alkyl halides is 1. The zero-order valence-electron chi connectivity index (χ0n) is 6.85. The molecule has 0 atom stereocenters. The van der Waals surface area contributed by atoms with Crippen LogP contribution < -0.4 is 10.6 Å². The van der Waals surface area contributed by atoms with Crippen molar-refractivity contribution in [3.05, 3.63) is 12.3 Å². The molecule has 3 nitrogen and oxygen atoms in total. The monoisotopic (exact) mass is 188 g/mol. The van der Waals surface area contributed by atoms with E-state index in [4.69, 9.17) is 11.6 Å². The number of hydrogen-bond donors (Lipinski definition) is 2. The fourth-order valence-electron chi connectivity index (χ4n) is 0.760. The fourth-order valence-corrected chi connectivity index (χ4v) is 0.855. The highest BCUT2D eigenvalue weighted by Gasteiger charge is 2.16. The van der Waals surface area contributed by atoms with E-state index in [9.17, 15) is 4.79 Å². The van der Waals surface area contributed by atoms with Gasteiger partial charge in [0.2, 0.25) is 0 Å². The minimum atomic E-state index is -0.187. The third-order valence-electron chi connectivity index (χ3n) is 1.58. The van der Waals surface area contributed by atoms with Crippen molar-refractivity contribution in [2.75, 3.05) is 12.4 Å². The first kappa shape index (κ1) is 9.39. The van der Waals surface area contributed by atoms with E-state index in [1.54, 1.807) is 6.20 Å². The maximum Gasteiger partial charge on any atom is 0.318 e. The molecule has 0 heterocycles. The SMILES string of the molecule is O=C(N/C=C/C1CC1)NCCCl. The standard InChI is InChI=1S/C8H13ClN2O/c9-4-6-11-8(12)10-5-3-7-1-2-7/h3,5,7H,1-2,4,6H2,(H2,10,11,12)/b5-3+. The lowest BCUT2D eigenvalue weighted by Crippen LogP contribution is -2.33. The number of halogens is 1. The second kappa shape index (κ2) is 5.04. The van der Waals surface area contributed by atoms with Gasteiger partial charge in [0, 0.05) is 18.6 Å². The minimum absolute atomic E-state index is 0.187. The molecule has 2 amide bonds.